The monoisotopic (exact) mass is 273 g/mol. The van der Waals surface area contributed by atoms with Gasteiger partial charge < -0.3 is 4.90 Å². The molecule has 0 bridgehead atoms. The number of hydrogen-bond acceptors (Lipinski definition) is 1. The quantitative estimate of drug-likeness (QED) is 0.829. The molecule has 4 heteroatoms. The van der Waals surface area contributed by atoms with Gasteiger partial charge in [-0.05, 0) is 40.5 Å². The zero-order valence-electron chi connectivity index (χ0n) is 8.76. The molecule has 0 fully saturated rings. The van der Waals surface area contributed by atoms with Gasteiger partial charge >= 0.3 is 0 Å². The second-order valence-electron chi connectivity index (χ2n) is 3.33. The van der Waals surface area contributed by atoms with Crippen molar-refractivity contribution in [3.63, 3.8) is 0 Å². The van der Waals surface area contributed by atoms with E-state index in [1.54, 1.807) is 24.1 Å². The van der Waals surface area contributed by atoms with Crippen LogP contribution in [-0.2, 0) is 11.2 Å². The molecule has 1 aromatic rings. The molecule has 82 valence electrons. The molecule has 0 unspecified atom stereocenters. The van der Waals surface area contributed by atoms with Gasteiger partial charge in [-0.15, -0.1) is 0 Å². The van der Waals surface area contributed by atoms with Crippen molar-refractivity contribution in [2.75, 3.05) is 13.6 Å². The molecule has 0 aromatic heterocycles. The number of hydrogen-bond donors (Lipinski definition) is 0. The highest BCUT2D eigenvalue weighted by atomic mass is 79.9. The van der Waals surface area contributed by atoms with Crippen LogP contribution in [0.15, 0.2) is 22.7 Å². The lowest BCUT2D eigenvalue weighted by molar-refractivity contribution is -0.128. The largest absolute Gasteiger partial charge is 0.346 e. The Bertz CT molecular complexity index is 368. The van der Waals surface area contributed by atoms with E-state index in [9.17, 15) is 9.18 Å². The topological polar surface area (TPSA) is 20.3 Å². The average Bonchev–Trinajstić information content (AvgIpc) is 2.22. The van der Waals surface area contributed by atoms with E-state index in [1.807, 2.05) is 6.92 Å². The summed E-state index contributed by atoms with van der Waals surface area (Å²) < 4.78 is 13.3. The van der Waals surface area contributed by atoms with Crippen molar-refractivity contribution in [1.29, 1.82) is 0 Å². The van der Waals surface area contributed by atoms with E-state index in [0.717, 1.165) is 5.56 Å². The molecule has 1 amide bonds. The Morgan fingerprint density at radius 2 is 2.20 bits per heavy atom. The number of amides is 1. The van der Waals surface area contributed by atoms with Crippen LogP contribution in [0.25, 0.3) is 0 Å². The number of benzene rings is 1. The number of nitrogens with zero attached hydrogens (tertiary/aromatic N) is 1. The van der Waals surface area contributed by atoms with E-state index in [-0.39, 0.29) is 11.7 Å². The Morgan fingerprint density at radius 3 is 2.73 bits per heavy atom. The molecule has 1 rings (SSSR count). The highest BCUT2D eigenvalue weighted by molar-refractivity contribution is 9.10. The van der Waals surface area contributed by atoms with Gasteiger partial charge in [0.2, 0.25) is 5.91 Å². The third-order valence-corrected chi connectivity index (χ3v) is 2.85. The molecule has 1 aromatic carbocycles. The minimum atomic E-state index is -0.310. The summed E-state index contributed by atoms with van der Waals surface area (Å²) in [6, 6.07) is 4.62. The molecule has 0 spiro atoms. The summed E-state index contributed by atoms with van der Waals surface area (Å²) in [4.78, 5) is 13.2. The Morgan fingerprint density at radius 1 is 1.53 bits per heavy atom. The summed E-state index contributed by atoms with van der Waals surface area (Å²) in [5.41, 5.74) is 0.813. The Balaban J connectivity index is 2.73. The highest BCUT2D eigenvalue weighted by Gasteiger charge is 2.08. The Hall–Kier alpha value is -0.900. The van der Waals surface area contributed by atoms with Crippen LogP contribution in [0.2, 0.25) is 0 Å². The minimum Gasteiger partial charge on any atom is -0.346 e. The van der Waals surface area contributed by atoms with Gasteiger partial charge in [-0.3, -0.25) is 4.79 Å². The zero-order valence-corrected chi connectivity index (χ0v) is 10.3. The van der Waals surface area contributed by atoms with Gasteiger partial charge in [0.25, 0.3) is 0 Å². The first-order valence-corrected chi connectivity index (χ1v) is 5.51. The first kappa shape index (κ1) is 12.2. The number of rotatable bonds is 3. The van der Waals surface area contributed by atoms with Gasteiger partial charge in [0.05, 0.1) is 10.9 Å². The first-order valence-electron chi connectivity index (χ1n) is 4.72. The predicted octanol–water partition coefficient (Wildman–Crippen LogP) is 2.61. The Kier molecular flexibility index (Phi) is 4.27. The molecule has 15 heavy (non-hydrogen) atoms. The van der Waals surface area contributed by atoms with Crippen LogP contribution in [0.4, 0.5) is 4.39 Å². The molecule has 2 nitrogen and oxygen atoms in total. The average molecular weight is 274 g/mol. The van der Waals surface area contributed by atoms with Crippen LogP contribution in [0.3, 0.4) is 0 Å². The van der Waals surface area contributed by atoms with Crippen LogP contribution in [0, 0.1) is 5.82 Å². The predicted molar refractivity (Wildman–Crippen MR) is 61.1 cm³/mol. The molecule has 0 saturated carbocycles. The van der Waals surface area contributed by atoms with Crippen molar-refractivity contribution in [2.24, 2.45) is 0 Å². The first-order chi connectivity index (χ1) is 7.04. The Labute approximate surface area is 97.2 Å². The molecule has 0 aliphatic carbocycles. The van der Waals surface area contributed by atoms with Gasteiger partial charge in [-0.1, -0.05) is 6.07 Å². The summed E-state index contributed by atoms with van der Waals surface area (Å²) >= 11 is 3.09. The molecule has 0 saturated heterocycles. The molecular weight excluding hydrogens is 261 g/mol. The molecule has 0 radical (unpaired) electrons. The van der Waals surface area contributed by atoms with Crippen LogP contribution in [0.5, 0.6) is 0 Å². The minimum absolute atomic E-state index is 0.0380. The van der Waals surface area contributed by atoms with Crippen LogP contribution >= 0.6 is 15.9 Å². The number of likely N-dealkylation sites (N-methyl/N-ethyl adjacent to an activating group) is 1. The van der Waals surface area contributed by atoms with E-state index in [4.69, 9.17) is 0 Å². The van der Waals surface area contributed by atoms with Crippen molar-refractivity contribution in [2.45, 2.75) is 13.3 Å². The summed E-state index contributed by atoms with van der Waals surface area (Å²) in [7, 11) is 1.75. The van der Waals surface area contributed by atoms with Crippen LogP contribution in [0.1, 0.15) is 12.5 Å². The third-order valence-electron chi connectivity index (χ3n) is 2.24. The highest BCUT2D eigenvalue weighted by Crippen LogP contribution is 2.17. The lowest BCUT2D eigenvalue weighted by Gasteiger charge is -2.14. The van der Waals surface area contributed by atoms with Gasteiger partial charge in [0.15, 0.2) is 0 Å². The summed E-state index contributed by atoms with van der Waals surface area (Å²) in [6.07, 6.45) is 0.309. The van der Waals surface area contributed by atoms with Crippen molar-refractivity contribution >= 4 is 21.8 Å². The van der Waals surface area contributed by atoms with Crippen molar-refractivity contribution < 1.29 is 9.18 Å². The standard InChI is InChI=1S/C11H13BrFNO/c1-3-14(2)11(15)7-8-4-5-10(13)9(12)6-8/h4-6H,3,7H2,1-2H3. The number of halogens is 2. The smallest absolute Gasteiger partial charge is 0.226 e. The molecular formula is C11H13BrFNO. The van der Waals surface area contributed by atoms with E-state index in [1.165, 1.54) is 6.07 Å². The van der Waals surface area contributed by atoms with Gasteiger partial charge in [-0.25, -0.2) is 4.39 Å². The van der Waals surface area contributed by atoms with E-state index in [0.29, 0.717) is 17.4 Å². The summed E-state index contributed by atoms with van der Waals surface area (Å²) in [6.45, 7) is 2.60. The lowest BCUT2D eigenvalue weighted by atomic mass is 10.1. The summed E-state index contributed by atoms with van der Waals surface area (Å²) in [5.74, 6) is -0.272. The fourth-order valence-electron chi connectivity index (χ4n) is 1.14. The second-order valence-corrected chi connectivity index (χ2v) is 4.19. The third kappa shape index (κ3) is 3.30. The van der Waals surface area contributed by atoms with Crippen LogP contribution in [-0.4, -0.2) is 24.4 Å². The van der Waals surface area contributed by atoms with E-state index in [2.05, 4.69) is 15.9 Å². The van der Waals surface area contributed by atoms with Crippen molar-refractivity contribution in [3.8, 4) is 0 Å². The second kappa shape index (κ2) is 5.26. The van der Waals surface area contributed by atoms with Gasteiger partial charge in [0.1, 0.15) is 5.82 Å². The zero-order chi connectivity index (χ0) is 11.4. The summed E-state index contributed by atoms with van der Waals surface area (Å²) in [5, 5.41) is 0. The molecule has 0 N–H and O–H groups in total. The van der Waals surface area contributed by atoms with Gasteiger partial charge in [0, 0.05) is 13.6 Å². The lowest BCUT2D eigenvalue weighted by Crippen LogP contribution is -2.27. The van der Waals surface area contributed by atoms with Crippen LogP contribution < -0.4 is 0 Å². The maximum Gasteiger partial charge on any atom is 0.226 e. The van der Waals surface area contributed by atoms with E-state index < -0.39 is 0 Å². The van der Waals surface area contributed by atoms with Crippen molar-refractivity contribution in [3.05, 3.63) is 34.1 Å². The fourth-order valence-corrected chi connectivity index (χ4v) is 1.56. The molecule has 0 heterocycles. The molecule has 0 aliphatic heterocycles. The molecule has 0 atom stereocenters. The normalized spacial score (nSPS) is 10.1. The van der Waals surface area contributed by atoms with Crippen molar-refractivity contribution in [1.82, 2.24) is 4.90 Å². The maximum absolute atomic E-state index is 12.9. The molecule has 0 aliphatic rings. The number of carbonyl (C=O) groups is 1. The number of carbonyl (C=O) groups excluding carboxylic acids is 1. The van der Waals surface area contributed by atoms with Gasteiger partial charge in [-0.2, -0.15) is 0 Å². The van der Waals surface area contributed by atoms with E-state index >= 15 is 0 Å². The SMILES string of the molecule is CCN(C)C(=O)Cc1ccc(F)c(Br)c1. The fraction of sp³-hybridized carbons (Fsp3) is 0.364. The maximum atomic E-state index is 12.9.